The lowest BCUT2D eigenvalue weighted by Gasteiger charge is -2.27. The van der Waals surface area contributed by atoms with Gasteiger partial charge in [0.25, 0.3) is 0 Å². The van der Waals surface area contributed by atoms with Gasteiger partial charge < -0.3 is 56.7 Å². The predicted octanol–water partition coefficient (Wildman–Crippen LogP) is 1.75. The summed E-state index contributed by atoms with van der Waals surface area (Å²) in [6, 6.07) is 1.90. The molecule has 17 heteroatoms. The summed E-state index contributed by atoms with van der Waals surface area (Å²) in [5.41, 5.74) is 5.65. The highest BCUT2D eigenvalue weighted by atomic mass is 16.6. The minimum absolute atomic E-state index is 0.108. The molecule has 0 aliphatic rings. The molecule has 17 nitrogen and oxygen atoms in total. The molecule has 48 heavy (non-hydrogen) atoms. The molecule has 270 valence electrons. The third-order valence-corrected chi connectivity index (χ3v) is 6.62. The SMILES string of the molecule is CNCCN(C)C(=O)OCc1ccc(NC(=O)[C@@H](CCCNC(N)=O)NC(=O)[C@H](NC(=O)OC(C)(C)C)C(C)C)cc1COC(=O)NC. The lowest BCUT2D eigenvalue weighted by Crippen LogP contribution is -2.55. The van der Waals surface area contributed by atoms with Gasteiger partial charge in [0.15, 0.2) is 0 Å². The second-order valence-corrected chi connectivity index (χ2v) is 12.2. The molecule has 0 heterocycles. The van der Waals surface area contributed by atoms with Crippen LogP contribution in [0.15, 0.2) is 18.2 Å². The molecule has 0 aliphatic carbocycles. The second-order valence-electron chi connectivity index (χ2n) is 12.2. The van der Waals surface area contributed by atoms with Crippen LogP contribution in [-0.2, 0) is 37.0 Å². The normalized spacial score (nSPS) is 12.2. The smallest absolute Gasteiger partial charge is 0.409 e. The van der Waals surface area contributed by atoms with Gasteiger partial charge in [-0.15, -0.1) is 0 Å². The molecule has 0 saturated carbocycles. The van der Waals surface area contributed by atoms with Crippen LogP contribution >= 0.6 is 0 Å². The molecule has 1 aromatic rings. The molecule has 8 N–H and O–H groups in total. The number of anilines is 1. The van der Waals surface area contributed by atoms with Crippen LogP contribution in [0, 0.1) is 5.92 Å². The molecule has 1 rings (SSSR count). The largest absolute Gasteiger partial charge is 0.445 e. The Bertz CT molecular complexity index is 1250. The Morgan fingerprint density at radius 3 is 2.15 bits per heavy atom. The molecule has 0 bridgehead atoms. The van der Waals surface area contributed by atoms with E-state index in [1.165, 1.54) is 11.9 Å². The van der Waals surface area contributed by atoms with Crippen molar-refractivity contribution in [2.24, 2.45) is 11.7 Å². The van der Waals surface area contributed by atoms with E-state index in [2.05, 4.69) is 31.9 Å². The first-order chi connectivity index (χ1) is 22.5. The summed E-state index contributed by atoms with van der Waals surface area (Å²) in [6.07, 6.45) is -1.63. The van der Waals surface area contributed by atoms with E-state index >= 15 is 0 Å². The van der Waals surface area contributed by atoms with Crippen LogP contribution in [0.2, 0.25) is 0 Å². The van der Waals surface area contributed by atoms with Gasteiger partial charge in [-0.2, -0.15) is 0 Å². The number of nitrogens with two attached hydrogens (primary N) is 1. The van der Waals surface area contributed by atoms with Crippen LogP contribution in [0.5, 0.6) is 0 Å². The number of likely N-dealkylation sites (N-methyl/N-ethyl adjacent to an activating group) is 2. The van der Waals surface area contributed by atoms with E-state index in [4.69, 9.17) is 19.9 Å². The average Bonchev–Trinajstić information content (AvgIpc) is 3.00. The third-order valence-electron chi connectivity index (χ3n) is 6.62. The molecule has 0 radical (unpaired) electrons. The summed E-state index contributed by atoms with van der Waals surface area (Å²) in [4.78, 5) is 76.1. The van der Waals surface area contributed by atoms with Crippen LogP contribution in [-0.4, -0.2) is 99.5 Å². The van der Waals surface area contributed by atoms with Gasteiger partial charge >= 0.3 is 24.3 Å². The number of carbonyl (C=O) groups excluding carboxylic acids is 6. The molecule has 0 unspecified atom stereocenters. The average molecular weight is 681 g/mol. The van der Waals surface area contributed by atoms with E-state index < -0.39 is 53.8 Å². The molecule has 1 aromatic carbocycles. The molecule has 0 fully saturated rings. The van der Waals surface area contributed by atoms with Crippen molar-refractivity contribution in [3.63, 3.8) is 0 Å². The van der Waals surface area contributed by atoms with Gasteiger partial charge in [-0.1, -0.05) is 19.9 Å². The highest BCUT2D eigenvalue weighted by Crippen LogP contribution is 2.20. The van der Waals surface area contributed by atoms with E-state index in [0.29, 0.717) is 29.9 Å². The zero-order chi connectivity index (χ0) is 36.4. The van der Waals surface area contributed by atoms with E-state index in [1.807, 2.05) is 0 Å². The molecule has 0 spiro atoms. The number of nitrogens with one attached hydrogen (secondary N) is 6. The summed E-state index contributed by atoms with van der Waals surface area (Å²) < 4.78 is 15.9. The van der Waals surface area contributed by atoms with Crippen molar-refractivity contribution in [2.75, 3.05) is 46.1 Å². The number of amides is 7. The van der Waals surface area contributed by atoms with Crippen molar-refractivity contribution in [2.45, 2.75) is 78.4 Å². The van der Waals surface area contributed by atoms with Gasteiger partial charge in [0.05, 0.1) is 0 Å². The molecule has 2 atom stereocenters. The van der Waals surface area contributed by atoms with E-state index in [1.54, 1.807) is 66.9 Å². The van der Waals surface area contributed by atoms with Crippen LogP contribution in [0.4, 0.5) is 24.9 Å². The van der Waals surface area contributed by atoms with Crippen molar-refractivity contribution in [1.82, 2.24) is 31.5 Å². The number of benzene rings is 1. The van der Waals surface area contributed by atoms with Gasteiger partial charge in [-0.3, -0.25) is 9.59 Å². The van der Waals surface area contributed by atoms with E-state index in [-0.39, 0.29) is 38.5 Å². The maximum atomic E-state index is 13.5. The Labute approximate surface area is 281 Å². The number of nitrogens with zero attached hydrogens (tertiary/aromatic N) is 1. The van der Waals surface area contributed by atoms with Crippen LogP contribution in [0.1, 0.15) is 58.6 Å². The zero-order valence-electron chi connectivity index (χ0n) is 29.1. The molecule has 0 aliphatic heterocycles. The zero-order valence-corrected chi connectivity index (χ0v) is 29.1. The van der Waals surface area contributed by atoms with Gasteiger partial charge in [-0.25, -0.2) is 19.2 Å². The van der Waals surface area contributed by atoms with Crippen molar-refractivity contribution in [3.8, 4) is 0 Å². The Hall–Kier alpha value is -4.80. The monoisotopic (exact) mass is 680 g/mol. The summed E-state index contributed by atoms with van der Waals surface area (Å²) in [5.74, 6) is -1.56. The fourth-order valence-electron chi connectivity index (χ4n) is 4.06. The number of hydrogen-bond donors (Lipinski definition) is 7. The highest BCUT2D eigenvalue weighted by molar-refractivity contribution is 5.98. The molecular formula is C31H52N8O9. The number of urea groups is 1. The van der Waals surface area contributed by atoms with Gasteiger partial charge in [-0.05, 0) is 69.8 Å². The first kappa shape index (κ1) is 41.2. The molecule has 7 amide bonds. The number of alkyl carbamates (subject to hydrolysis) is 2. The minimum atomic E-state index is -1.09. The van der Waals surface area contributed by atoms with E-state index in [0.717, 1.165) is 0 Å². The number of ether oxygens (including phenoxy) is 3. The van der Waals surface area contributed by atoms with Gasteiger partial charge in [0, 0.05) is 39.4 Å². The quantitative estimate of drug-likeness (QED) is 0.0931. The topological polar surface area (TPSA) is 232 Å². The number of rotatable bonds is 17. The van der Waals surface area contributed by atoms with Crippen molar-refractivity contribution in [3.05, 3.63) is 29.3 Å². The fraction of sp³-hybridized carbons (Fsp3) is 0.613. The number of carbonyl (C=O) groups is 6. The van der Waals surface area contributed by atoms with Crippen LogP contribution in [0.3, 0.4) is 0 Å². The maximum absolute atomic E-state index is 13.5. The molecule has 0 aromatic heterocycles. The fourth-order valence-corrected chi connectivity index (χ4v) is 4.06. The van der Waals surface area contributed by atoms with Crippen LogP contribution < -0.4 is 37.6 Å². The van der Waals surface area contributed by atoms with Crippen molar-refractivity contribution < 1.29 is 43.0 Å². The second kappa shape index (κ2) is 20.4. The predicted molar refractivity (Wildman–Crippen MR) is 178 cm³/mol. The van der Waals surface area contributed by atoms with Crippen molar-refractivity contribution >= 4 is 41.8 Å². The number of hydrogen-bond acceptors (Lipinski definition) is 10. The lowest BCUT2D eigenvalue weighted by molar-refractivity contribution is -0.128. The van der Waals surface area contributed by atoms with Crippen molar-refractivity contribution in [1.29, 1.82) is 0 Å². The first-order valence-electron chi connectivity index (χ1n) is 15.6. The summed E-state index contributed by atoms with van der Waals surface area (Å²) in [5, 5.41) is 15.8. The number of primary amides is 1. The first-order valence-corrected chi connectivity index (χ1v) is 15.6. The highest BCUT2D eigenvalue weighted by Gasteiger charge is 2.30. The Kier molecular flexibility index (Phi) is 17.6. The Morgan fingerprint density at radius 2 is 1.56 bits per heavy atom. The Balaban J connectivity index is 3.21. The Morgan fingerprint density at radius 1 is 0.896 bits per heavy atom. The maximum Gasteiger partial charge on any atom is 0.409 e. The van der Waals surface area contributed by atoms with Gasteiger partial charge in [0.1, 0.15) is 30.9 Å². The van der Waals surface area contributed by atoms with Crippen LogP contribution in [0.25, 0.3) is 0 Å². The van der Waals surface area contributed by atoms with E-state index in [9.17, 15) is 28.8 Å². The summed E-state index contributed by atoms with van der Waals surface area (Å²) in [6.45, 7) is 9.37. The molecule has 0 saturated heterocycles. The molecular weight excluding hydrogens is 628 g/mol. The lowest BCUT2D eigenvalue weighted by atomic mass is 10.0. The standard InChI is InChI=1S/C31H52N8O9/c1-19(2)24(38-29(44)48-31(3,4)5)26(41)37-23(10-9-13-35-27(32)42)25(40)36-22-12-11-20(21(16-22)18-46-28(43)34-7)17-47-30(45)39(8)15-14-33-6/h11-12,16,19,23-24,33H,9-10,13-15,17-18H2,1-8H3,(H,34,43)(H,36,40)(H,37,41)(H,38,44)(H3,32,35,42)/t23-,24-/m1/s1. The summed E-state index contributed by atoms with van der Waals surface area (Å²) >= 11 is 0. The van der Waals surface area contributed by atoms with Gasteiger partial charge in [0.2, 0.25) is 11.8 Å². The minimum Gasteiger partial charge on any atom is -0.445 e. The third kappa shape index (κ3) is 16.2. The summed E-state index contributed by atoms with van der Waals surface area (Å²) in [7, 11) is 4.77.